The number of hydrogen-bond donors (Lipinski definition) is 2. The van der Waals surface area contributed by atoms with Crippen molar-refractivity contribution in [3.63, 3.8) is 0 Å². The van der Waals surface area contributed by atoms with Crippen LogP contribution in [0.2, 0.25) is 0 Å². The molecule has 0 aromatic rings. The van der Waals surface area contributed by atoms with Gasteiger partial charge in [-0.05, 0) is 44.6 Å². The third-order valence-corrected chi connectivity index (χ3v) is 4.52. The molecule has 0 saturated heterocycles. The van der Waals surface area contributed by atoms with Crippen molar-refractivity contribution in [2.45, 2.75) is 85.9 Å². The molecule has 0 aliphatic rings. The zero-order valence-corrected chi connectivity index (χ0v) is 16.4. The Labute approximate surface area is 150 Å². The molecule has 0 saturated carbocycles. The molecule has 1 unspecified atom stereocenters. The first-order valence-electron chi connectivity index (χ1n) is 9.15. The van der Waals surface area contributed by atoms with Crippen molar-refractivity contribution in [3.05, 3.63) is 23.0 Å². The molecule has 2 atom stereocenters. The number of hydrogen-bond acceptors (Lipinski definition) is 2. The molecule has 0 aromatic heterocycles. The first-order chi connectivity index (χ1) is 11.6. The van der Waals surface area contributed by atoms with Crippen molar-refractivity contribution in [2.75, 3.05) is 0 Å². The standard InChI is InChI=1S/C19H34F3N3/c1-7-11-15(9-3)17(10-4)25-14(6)24-12-16(19(20,21)22)18(23)13(5)8-2/h12,15,17H,7-11,23H2,1-6H3,(H,24,25)/b16-12+,18-13+/t15?,17-/m0/s1. The number of nitrogens with one attached hydrogen (secondary N) is 1. The highest BCUT2D eigenvalue weighted by Gasteiger charge is 2.36. The van der Waals surface area contributed by atoms with Crippen molar-refractivity contribution in [1.29, 1.82) is 0 Å². The molecular weight excluding hydrogens is 327 g/mol. The van der Waals surface area contributed by atoms with E-state index in [0.717, 1.165) is 31.9 Å². The minimum atomic E-state index is -4.51. The Bertz CT molecular complexity index is 491. The van der Waals surface area contributed by atoms with Crippen LogP contribution in [0.5, 0.6) is 0 Å². The van der Waals surface area contributed by atoms with Crippen LogP contribution in [0, 0.1) is 5.92 Å². The fourth-order valence-corrected chi connectivity index (χ4v) is 2.76. The van der Waals surface area contributed by atoms with Crippen LogP contribution >= 0.6 is 0 Å². The highest BCUT2D eigenvalue weighted by Crippen LogP contribution is 2.30. The largest absolute Gasteiger partial charge is 0.419 e. The van der Waals surface area contributed by atoms with Crippen LogP contribution in [0.4, 0.5) is 13.2 Å². The zero-order chi connectivity index (χ0) is 19.6. The molecule has 146 valence electrons. The predicted molar refractivity (Wildman–Crippen MR) is 100 cm³/mol. The van der Waals surface area contributed by atoms with E-state index in [4.69, 9.17) is 5.73 Å². The van der Waals surface area contributed by atoms with E-state index < -0.39 is 11.7 Å². The van der Waals surface area contributed by atoms with Gasteiger partial charge in [0, 0.05) is 11.9 Å². The third-order valence-electron chi connectivity index (χ3n) is 4.52. The van der Waals surface area contributed by atoms with E-state index in [9.17, 15) is 13.2 Å². The average Bonchev–Trinajstić information content (AvgIpc) is 2.55. The Kier molecular flexibility index (Phi) is 10.6. The van der Waals surface area contributed by atoms with E-state index in [1.165, 1.54) is 0 Å². The van der Waals surface area contributed by atoms with Gasteiger partial charge in [-0.15, -0.1) is 0 Å². The summed E-state index contributed by atoms with van der Waals surface area (Å²) in [5.74, 6) is 0.926. The van der Waals surface area contributed by atoms with Gasteiger partial charge in [0.1, 0.15) is 0 Å². The topological polar surface area (TPSA) is 50.4 Å². The van der Waals surface area contributed by atoms with Gasteiger partial charge in [0.15, 0.2) is 0 Å². The van der Waals surface area contributed by atoms with Crippen LogP contribution in [0.25, 0.3) is 0 Å². The summed E-state index contributed by atoms with van der Waals surface area (Å²) < 4.78 is 39.8. The molecule has 6 heteroatoms. The van der Waals surface area contributed by atoms with E-state index in [1.807, 2.05) is 0 Å². The van der Waals surface area contributed by atoms with Crippen LogP contribution in [0.15, 0.2) is 28.0 Å². The van der Waals surface area contributed by atoms with Gasteiger partial charge in [0.2, 0.25) is 0 Å². The Hall–Kier alpha value is -1.46. The van der Waals surface area contributed by atoms with E-state index >= 15 is 0 Å². The molecule has 0 bridgehead atoms. The van der Waals surface area contributed by atoms with E-state index in [0.29, 0.717) is 23.7 Å². The number of amidine groups is 1. The summed E-state index contributed by atoms with van der Waals surface area (Å²) in [5, 5.41) is 2.69. The molecule has 0 spiro atoms. The molecule has 0 fully saturated rings. The van der Waals surface area contributed by atoms with Crippen LogP contribution in [-0.4, -0.2) is 18.1 Å². The van der Waals surface area contributed by atoms with Gasteiger partial charge in [-0.2, -0.15) is 13.2 Å². The molecule has 0 aromatic carbocycles. The minimum absolute atomic E-state index is 0.116. The number of aliphatic imine (C=N–C) groups is 1. The lowest BCUT2D eigenvalue weighted by molar-refractivity contribution is -0.0898. The normalized spacial score (nSPS) is 17.2. The molecule has 0 heterocycles. The second-order valence-corrected chi connectivity index (χ2v) is 6.39. The van der Waals surface area contributed by atoms with Gasteiger partial charge in [0.05, 0.1) is 17.5 Å². The number of rotatable bonds is 9. The first kappa shape index (κ1) is 23.5. The van der Waals surface area contributed by atoms with Crippen molar-refractivity contribution in [1.82, 2.24) is 5.32 Å². The van der Waals surface area contributed by atoms with Crippen LogP contribution in [-0.2, 0) is 0 Å². The summed E-state index contributed by atoms with van der Waals surface area (Å²) in [4.78, 5) is 4.60. The molecule has 0 aliphatic heterocycles. The molecule has 3 nitrogen and oxygen atoms in total. The Morgan fingerprint density at radius 2 is 1.72 bits per heavy atom. The summed E-state index contributed by atoms with van der Waals surface area (Å²) in [6, 6.07) is 0.116. The summed E-state index contributed by atoms with van der Waals surface area (Å²) in [6.45, 7) is 11.4. The first-order valence-corrected chi connectivity index (χ1v) is 9.15. The van der Waals surface area contributed by atoms with Crippen LogP contribution in [0.1, 0.15) is 73.6 Å². The van der Waals surface area contributed by atoms with Crippen molar-refractivity contribution in [3.8, 4) is 0 Å². The van der Waals surface area contributed by atoms with Gasteiger partial charge in [-0.3, -0.25) is 4.99 Å². The Morgan fingerprint density at radius 3 is 2.12 bits per heavy atom. The lowest BCUT2D eigenvalue weighted by Gasteiger charge is -2.22. The number of alkyl halides is 3. The molecule has 0 aliphatic carbocycles. The van der Waals surface area contributed by atoms with Crippen molar-refractivity contribution < 1.29 is 13.2 Å². The Morgan fingerprint density at radius 1 is 1.12 bits per heavy atom. The maximum Gasteiger partial charge on any atom is 0.419 e. The highest BCUT2D eigenvalue weighted by molar-refractivity contribution is 5.80. The lowest BCUT2D eigenvalue weighted by Crippen LogP contribution is -2.26. The van der Waals surface area contributed by atoms with E-state index in [-0.39, 0.29) is 11.7 Å². The zero-order valence-electron chi connectivity index (χ0n) is 16.4. The smallest absolute Gasteiger partial charge is 0.398 e. The van der Waals surface area contributed by atoms with Gasteiger partial charge >= 0.3 is 6.18 Å². The average molecular weight is 361 g/mol. The SMILES string of the molecule is CCCC(CC)[C@H](CC)N=C(C)N/C=C(\C(N)=C(\C)CC)C(F)(F)F. The second kappa shape index (κ2) is 11.2. The fourth-order valence-electron chi connectivity index (χ4n) is 2.76. The summed E-state index contributed by atoms with van der Waals surface area (Å²) in [7, 11) is 0. The molecule has 0 radical (unpaired) electrons. The monoisotopic (exact) mass is 361 g/mol. The second-order valence-electron chi connectivity index (χ2n) is 6.39. The third kappa shape index (κ3) is 7.97. The molecular formula is C19H34F3N3. The lowest BCUT2D eigenvalue weighted by atomic mass is 9.91. The maximum atomic E-state index is 13.3. The number of allylic oxidation sites excluding steroid dienone is 2. The minimum Gasteiger partial charge on any atom is -0.398 e. The fraction of sp³-hybridized carbons (Fsp3) is 0.737. The van der Waals surface area contributed by atoms with Crippen LogP contribution in [0.3, 0.4) is 0 Å². The number of nitrogens with two attached hydrogens (primary N) is 1. The number of nitrogens with zero attached hydrogens (tertiary/aromatic N) is 1. The maximum absolute atomic E-state index is 13.3. The van der Waals surface area contributed by atoms with E-state index in [1.54, 1.807) is 20.8 Å². The van der Waals surface area contributed by atoms with Gasteiger partial charge in [-0.25, -0.2) is 0 Å². The molecule has 0 rings (SSSR count). The van der Waals surface area contributed by atoms with Crippen molar-refractivity contribution >= 4 is 5.84 Å². The molecule has 25 heavy (non-hydrogen) atoms. The Balaban J connectivity index is 5.45. The van der Waals surface area contributed by atoms with Gasteiger partial charge in [0.25, 0.3) is 0 Å². The predicted octanol–water partition coefficient (Wildman–Crippen LogP) is 5.69. The summed E-state index contributed by atoms with van der Waals surface area (Å²) in [5.41, 5.74) is 5.13. The molecule has 3 N–H and O–H groups in total. The van der Waals surface area contributed by atoms with Gasteiger partial charge in [-0.1, -0.05) is 40.5 Å². The van der Waals surface area contributed by atoms with Crippen molar-refractivity contribution in [2.24, 2.45) is 16.6 Å². The van der Waals surface area contributed by atoms with E-state index in [2.05, 4.69) is 31.1 Å². The molecule has 0 amide bonds. The highest BCUT2D eigenvalue weighted by atomic mass is 19.4. The quantitative estimate of drug-likeness (QED) is 0.315. The number of halogens is 3. The van der Waals surface area contributed by atoms with Gasteiger partial charge < -0.3 is 11.1 Å². The summed E-state index contributed by atoms with van der Waals surface area (Å²) in [6.07, 6.45) is 0.919. The summed E-state index contributed by atoms with van der Waals surface area (Å²) >= 11 is 0. The van der Waals surface area contributed by atoms with Crippen LogP contribution < -0.4 is 11.1 Å².